The van der Waals surface area contributed by atoms with E-state index in [0.717, 1.165) is 16.7 Å². The molecule has 3 rings (SSSR count). The number of rotatable bonds is 7. The van der Waals surface area contributed by atoms with Crippen LogP contribution in [0.2, 0.25) is 0 Å². The van der Waals surface area contributed by atoms with Crippen LogP contribution in [0.1, 0.15) is 34.0 Å². The van der Waals surface area contributed by atoms with E-state index >= 15 is 0 Å². The van der Waals surface area contributed by atoms with Gasteiger partial charge in [0.25, 0.3) is 0 Å². The number of carbonyl (C=O) groups excluding carboxylic acids is 1. The van der Waals surface area contributed by atoms with Crippen molar-refractivity contribution in [1.82, 2.24) is 0 Å². The second-order valence-electron chi connectivity index (χ2n) is 6.22. The van der Waals surface area contributed by atoms with Gasteiger partial charge in [0.2, 0.25) is 0 Å². The number of Topliss-reactive ketones (excluding diaryl/α,β-unsaturated/α-hetero) is 1. The quantitative estimate of drug-likeness (QED) is 0.541. The van der Waals surface area contributed by atoms with Crippen molar-refractivity contribution in [1.29, 1.82) is 0 Å². The van der Waals surface area contributed by atoms with Crippen molar-refractivity contribution in [3.05, 3.63) is 95.1 Å². The van der Waals surface area contributed by atoms with Gasteiger partial charge in [0.05, 0.1) is 5.56 Å². The minimum atomic E-state index is -0.0439. The zero-order valence-electron chi connectivity index (χ0n) is 15.1. The summed E-state index contributed by atoms with van der Waals surface area (Å²) in [6.45, 7) is 4.38. The molecular formula is C23H22O3. The summed E-state index contributed by atoms with van der Waals surface area (Å²) in [6, 6.07) is 23.5. The van der Waals surface area contributed by atoms with Crippen LogP contribution in [0.4, 0.5) is 0 Å². The molecule has 0 amide bonds. The fourth-order valence-corrected chi connectivity index (χ4v) is 2.68. The van der Waals surface area contributed by atoms with Gasteiger partial charge in [-0.15, -0.1) is 0 Å². The van der Waals surface area contributed by atoms with Crippen LogP contribution in [-0.4, -0.2) is 5.78 Å². The fraction of sp³-hybridized carbons (Fsp3) is 0.174. The highest BCUT2D eigenvalue weighted by molar-refractivity contribution is 5.97. The van der Waals surface area contributed by atoms with Gasteiger partial charge in [0, 0.05) is 0 Å². The molecule has 3 aromatic rings. The van der Waals surface area contributed by atoms with Gasteiger partial charge in [-0.1, -0.05) is 60.7 Å². The van der Waals surface area contributed by atoms with Gasteiger partial charge in [-0.3, -0.25) is 4.79 Å². The summed E-state index contributed by atoms with van der Waals surface area (Å²) >= 11 is 0. The van der Waals surface area contributed by atoms with Crippen LogP contribution in [0, 0.1) is 6.92 Å². The van der Waals surface area contributed by atoms with E-state index < -0.39 is 0 Å². The van der Waals surface area contributed by atoms with E-state index in [-0.39, 0.29) is 5.78 Å². The fourth-order valence-electron chi connectivity index (χ4n) is 2.68. The Labute approximate surface area is 154 Å². The van der Waals surface area contributed by atoms with Gasteiger partial charge in [-0.05, 0) is 42.7 Å². The number of ether oxygens (including phenoxy) is 2. The van der Waals surface area contributed by atoms with Gasteiger partial charge < -0.3 is 9.47 Å². The first-order valence-electron chi connectivity index (χ1n) is 8.62. The third kappa shape index (κ3) is 4.51. The first-order chi connectivity index (χ1) is 12.6. The molecule has 0 aliphatic rings. The molecule has 0 aromatic heterocycles. The second-order valence-corrected chi connectivity index (χ2v) is 6.22. The van der Waals surface area contributed by atoms with Crippen molar-refractivity contribution < 1.29 is 14.3 Å². The van der Waals surface area contributed by atoms with Gasteiger partial charge >= 0.3 is 0 Å². The van der Waals surface area contributed by atoms with Crippen LogP contribution < -0.4 is 9.47 Å². The average Bonchev–Trinajstić information content (AvgIpc) is 2.67. The Morgan fingerprint density at radius 3 is 1.77 bits per heavy atom. The highest BCUT2D eigenvalue weighted by Gasteiger charge is 2.14. The van der Waals surface area contributed by atoms with Crippen LogP contribution in [0.5, 0.6) is 11.5 Å². The smallest absolute Gasteiger partial charge is 0.163 e. The Balaban J connectivity index is 1.78. The molecule has 0 atom stereocenters. The molecule has 0 fully saturated rings. The van der Waals surface area contributed by atoms with Crippen molar-refractivity contribution >= 4 is 5.78 Å². The van der Waals surface area contributed by atoms with Crippen molar-refractivity contribution in [2.75, 3.05) is 0 Å². The number of hydrogen-bond donors (Lipinski definition) is 0. The van der Waals surface area contributed by atoms with E-state index in [1.54, 1.807) is 13.0 Å². The normalized spacial score (nSPS) is 10.4. The van der Waals surface area contributed by atoms with Crippen molar-refractivity contribution in [2.24, 2.45) is 0 Å². The molecule has 0 saturated carbocycles. The zero-order chi connectivity index (χ0) is 18.4. The van der Waals surface area contributed by atoms with Crippen molar-refractivity contribution in [2.45, 2.75) is 27.1 Å². The molecule has 0 spiro atoms. The van der Waals surface area contributed by atoms with Gasteiger partial charge in [-0.25, -0.2) is 0 Å². The molecule has 26 heavy (non-hydrogen) atoms. The Bertz CT molecular complexity index is 871. The van der Waals surface area contributed by atoms with Gasteiger partial charge in [-0.2, -0.15) is 0 Å². The summed E-state index contributed by atoms with van der Waals surface area (Å²) in [5.41, 5.74) is 3.62. The maximum Gasteiger partial charge on any atom is 0.163 e. The molecule has 0 radical (unpaired) electrons. The van der Waals surface area contributed by atoms with Crippen LogP contribution in [0.3, 0.4) is 0 Å². The summed E-state index contributed by atoms with van der Waals surface area (Å²) in [5.74, 6) is 1.25. The number of benzene rings is 3. The third-order valence-electron chi connectivity index (χ3n) is 4.13. The molecule has 0 aliphatic carbocycles. The zero-order valence-corrected chi connectivity index (χ0v) is 15.1. The molecule has 132 valence electrons. The first kappa shape index (κ1) is 17.7. The second kappa shape index (κ2) is 8.34. The van der Waals surface area contributed by atoms with Crippen LogP contribution in [0.25, 0.3) is 0 Å². The Hall–Kier alpha value is -3.07. The predicted molar refractivity (Wildman–Crippen MR) is 103 cm³/mol. The van der Waals surface area contributed by atoms with Gasteiger partial charge in [0.15, 0.2) is 5.78 Å². The molecule has 0 saturated heterocycles. The summed E-state index contributed by atoms with van der Waals surface area (Å²) in [7, 11) is 0. The Morgan fingerprint density at radius 1 is 0.769 bits per heavy atom. The lowest BCUT2D eigenvalue weighted by Crippen LogP contribution is -2.04. The van der Waals surface area contributed by atoms with Crippen LogP contribution in [-0.2, 0) is 13.2 Å². The summed E-state index contributed by atoms with van der Waals surface area (Å²) in [5, 5.41) is 0. The molecule has 0 N–H and O–H groups in total. The van der Waals surface area contributed by atoms with Crippen molar-refractivity contribution in [3.63, 3.8) is 0 Å². The van der Waals surface area contributed by atoms with Crippen molar-refractivity contribution in [3.8, 4) is 11.5 Å². The first-order valence-corrected chi connectivity index (χ1v) is 8.62. The minimum absolute atomic E-state index is 0.0439. The van der Waals surface area contributed by atoms with Gasteiger partial charge in [0.1, 0.15) is 24.7 Å². The van der Waals surface area contributed by atoms with E-state index in [1.807, 2.05) is 73.7 Å². The molecule has 0 heterocycles. The standard InChI is InChI=1S/C23H22O3/c1-17-13-23(26-16-20-11-7-4-8-12-20)21(18(2)24)14-22(17)25-15-19-9-5-3-6-10-19/h3-14H,15-16H2,1-2H3. The van der Waals surface area contributed by atoms with E-state index in [1.165, 1.54) is 0 Å². The lowest BCUT2D eigenvalue weighted by atomic mass is 10.1. The van der Waals surface area contributed by atoms with Crippen LogP contribution in [0.15, 0.2) is 72.8 Å². The van der Waals surface area contributed by atoms with E-state index in [0.29, 0.717) is 30.3 Å². The number of ketones is 1. The molecule has 3 nitrogen and oxygen atoms in total. The molecule has 3 aromatic carbocycles. The van der Waals surface area contributed by atoms with Crippen LogP contribution >= 0.6 is 0 Å². The van der Waals surface area contributed by atoms with E-state index in [2.05, 4.69) is 0 Å². The molecule has 3 heteroatoms. The molecule has 0 bridgehead atoms. The molecule has 0 unspecified atom stereocenters. The summed E-state index contributed by atoms with van der Waals surface area (Å²) in [6.07, 6.45) is 0. The summed E-state index contributed by atoms with van der Waals surface area (Å²) < 4.78 is 11.8. The lowest BCUT2D eigenvalue weighted by molar-refractivity contribution is 0.101. The summed E-state index contributed by atoms with van der Waals surface area (Å²) in [4.78, 5) is 12.1. The Kier molecular flexibility index (Phi) is 5.69. The van der Waals surface area contributed by atoms with E-state index in [4.69, 9.17) is 9.47 Å². The monoisotopic (exact) mass is 346 g/mol. The third-order valence-corrected chi connectivity index (χ3v) is 4.13. The lowest BCUT2D eigenvalue weighted by Gasteiger charge is -2.15. The number of hydrogen-bond acceptors (Lipinski definition) is 3. The largest absolute Gasteiger partial charge is 0.489 e. The number of carbonyl (C=O) groups is 1. The average molecular weight is 346 g/mol. The molecule has 0 aliphatic heterocycles. The maximum absolute atomic E-state index is 12.1. The van der Waals surface area contributed by atoms with E-state index in [9.17, 15) is 4.79 Å². The highest BCUT2D eigenvalue weighted by Crippen LogP contribution is 2.30. The predicted octanol–water partition coefficient (Wildman–Crippen LogP) is 5.36. The SMILES string of the molecule is CC(=O)c1cc(OCc2ccccc2)c(C)cc1OCc1ccccc1. The maximum atomic E-state index is 12.1. The highest BCUT2D eigenvalue weighted by atomic mass is 16.5. The molecular weight excluding hydrogens is 324 g/mol. The minimum Gasteiger partial charge on any atom is -0.489 e. The Morgan fingerprint density at radius 2 is 1.27 bits per heavy atom. The number of aryl methyl sites for hydroxylation is 1. The topological polar surface area (TPSA) is 35.5 Å².